The van der Waals surface area contributed by atoms with Gasteiger partial charge in [-0.1, -0.05) is 50.6 Å². The Morgan fingerprint density at radius 1 is 1.00 bits per heavy atom. The normalized spacial score (nSPS) is 14.2. The maximum absolute atomic E-state index is 10.4. The number of aliphatic hydroxyl groups is 1. The van der Waals surface area contributed by atoms with E-state index < -0.39 is 12.7 Å². The molecule has 0 radical (unpaired) electrons. The maximum Gasteiger partial charge on any atom is 0.456 e. The molecule has 1 aromatic rings. The van der Waals surface area contributed by atoms with Crippen LogP contribution in [-0.2, 0) is 6.32 Å². The van der Waals surface area contributed by atoms with Crippen molar-refractivity contribution < 1.29 is 15.2 Å². The lowest BCUT2D eigenvalue weighted by molar-refractivity contribution is 0.0344. The van der Waals surface area contributed by atoms with Gasteiger partial charge in [0.15, 0.2) is 0 Å². The quantitative estimate of drug-likeness (QED) is 0.725. The summed E-state index contributed by atoms with van der Waals surface area (Å²) in [6, 6.07) is 7.75. The molecule has 3 nitrogen and oxygen atoms in total. The molecule has 3 N–H and O–H groups in total. The van der Waals surface area contributed by atoms with Crippen molar-refractivity contribution in [1.82, 2.24) is 0 Å². The van der Waals surface area contributed by atoms with Crippen molar-refractivity contribution in [3.05, 3.63) is 35.4 Å². The van der Waals surface area contributed by atoms with Crippen molar-refractivity contribution in [1.29, 1.82) is 0 Å². The molecular formula is C16H27BO3. The predicted octanol–water partition coefficient (Wildman–Crippen LogP) is 2.53. The van der Waals surface area contributed by atoms with E-state index >= 15 is 0 Å². The van der Waals surface area contributed by atoms with E-state index in [9.17, 15) is 5.11 Å². The van der Waals surface area contributed by atoms with Gasteiger partial charge in [0, 0.05) is 12.2 Å². The molecule has 1 unspecified atom stereocenters. The Balaban J connectivity index is 2.97. The van der Waals surface area contributed by atoms with Crippen LogP contribution < -0.4 is 0 Å². The first-order chi connectivity index (χ1) is 8.99. The molecule has 20 heavy (non-hydrogen) atoms. The zero-order valence-corrected chi connectivity index (χ0v) is 13.2. The standard InChI is InChI=1S/C16H27BO3/c1-15(2,3)10-14(16(4,5)18)13-8-6-12(7-9-13)11-17(19)20/h6-9,14,18-20H,10-11H2,1-5H3. The Morgan fingerprint density at radius 2 is 1.50 bits per heavy atom. The van der Waals surface area contributed by atoms with Crippen molar-refractivity contribution in [2.45, 2.75) is 58.9 Å². The predicted molar refractivity (Wildman–Crippen MR) is 83.4 cm³/mol. The van der Waals surface area contributed by atoms with Crippen LogP contribution in [-0.4, -0.2) is 27.9 Å². The molecule has 0 saturated carbocycles. The molecule has 0 heterocycles. The Bertz CT molecular complexity index is 413. The molecule has 0 aliphatic heterocycles. The van der Waals surface area contributed by atoms with Crippen LogP contribution in [0.4, 0.5) is 0 Å². The SMILES string of the molecule is CC(C)(C)CC(c1ccc(CB(O)O)cc1)C(C)(C)O. The molecule has 0 fully saturated rings. The Kier molecular flexibility index (Phi) is 5.42. The van der Waals surface area contributed by atoms with Crippen LogP contribution in [0.5, 0.6) is 0 Å². The van der Waals surface area contributed by atoms with Crippen LogP contribution in [0.25, 0.3) is 0 Å². The lowest BCUT2D eigenvalue weighted by atomic mass is 9.73. The first-order valence-corrected chi connectivity index (χ1v) is 7.16. The molecule has 0 aliphatic carbocycles. The van der Waals surface area contributed by atoms with Gasteiger partial charge >= 0.3 is 7.12 Å². The molecule has 0 bridgehead atoms. The zero-order chi connectivity index (χ0) is 15.6. The summed E-state index contributed by atoms with van der Waals surface area (Å²) in [6.07, 6.45) is 1.12. The Labute approximate surface area is 122 Å². The molecule has 0 amide bonds. The third kappa shape index (κ3) is 5.65. The van der Waals surface area contributed by atoms with E-state index in [4.69, 9.17) is 10.0 Å². The van der Waals surface area contributed by atoms with E-state index in [0.29, 0.717) is 0 Å². The molecule has 1 rings (SSSR count). The second kappa shape index (κ2) is 6.29. The minimum Gasteiger partial charge on any atom is -0.427 e. The van der Waals surface area contributed by atoms with Crippen molar-refractivity contribution >= 4 is 7.12 Å². The van der Waals surface area contributed by atoms with E-state index in [-0.39, 0.29) is 17.7 Å². The van der Waals surface area contributed by atoms with Gasteiger partial charge in [-0.3, -0.25) is 0 Å². The number of benzene rings is 1. The summed E-state index contributed by atoms with van der Waals surface area (Å²) >= 11 is 0. The first-order valence-electron chi connectivity index (χ1n) is 7.16. The molecule has 1 aromatic carbocycles. The fourth-order valence-corrected chi connectivity index (χ4v) is 2.48. The van der Waals surface area contributed by atoms with Gasteiger partial charge in [0.25, 0.3) is 0 Å². The van der Waals surface area contributed by atoms with Gasteiger partial charge in [0.2, 0.25) is 0 Å². The summed E-state index contributed by atoms with van der Waals surface area (Å²) in [5.74, 6) is 0.0515. The van der Waals surface area contributed by atoms with Gasteiger partial charge in [0.1, 0.15) is 0 Å². The molecular weight excluding hydrogens is 251 g/mol. The van der Waals surface area contributed by atoms with E-state index in [1.807, 2.05) is 38.1 Å². The van der Waals surface area contributed by atoms with Gasteiger partial charge in [-0.05, 0) is 31.2 Å². The number of hydrogen-bond donors (Lipinski definition) is 3. The highest BCUT2D eigenvalue weighted by Gasteiger charge is 2.32. The molecule has 0 aliphatic rings. The topological polar surface area (TPSA) is 60.7 Å². The van der Waals surface area contributed by atoms with E-state index in [2.05, 4.69) is 20.8 Å². The van der Waals surface area contributed by atoms with E-state index in [0.717, 1.165) is 17.5 Å². The minimum atomic E-state index is -1.32. The van der Waals surface area contributed by atoms with Crippen molar-refractivity contribution in [3.8, 4) is 0 Å². The second-order valence-electron chi connectivity index (χ2n) is 7.40. The van der Waals surface area contributed by atoms with Crippen LogP contribution in [0.1, 0.15) is 58.1 Å². The van der Waals surface area contributed by atoms with Crippen molar-refractivity contribution in [3.63, 3.8) is 0 Å². The van der Waals surface area contributed by atoms with E-state index in [1.54, 1.807) is 0 Å². The Morgan fingerprint density at radius 3 is 1.85 bits per heavy atom. The van der Waals surface area contributed by atoms with Gasteiger partial charge in [0.05, 0.1) is 5.60 Å². The van der Waals surface area contributed by atoms with Crippen LogP contribution in [0, 0.1) is 5.41 Å². The molecule has 1 atom stereocenters. The first kappa shape index (κ1) is 17.2. The van der Waals surface area contributed by atoms with Gasteiger partial charge in [-0.15, -0.1) is 0 Å². The molecule has 0 saturated heterocycles. The van der Waals surface area contributed by atoms with Crippen LogP contribution in [0.3, 0.4) is 0 Å². The monoisotopic (exact) mass is 278 g/mol. The van der Waals surface area contributed by atoms with Gasteiger partial charge in [-0.25, -0.2) is 0 Å². The lowest BCUT2D eigenvalue weighted by Crippen LogP contribution is -2.32. The molecule has 112 valence electrons. The lowest BCUT2D eigenvalue weighted by Gasteiger charge is -2.35. The third-order valence-electron chi connectivity index (χ3n) is 3.47. The van der Waals surface area contributed by atoms with Crippen LogP contribution in [0.15, 0.2) is 24.3 Å². The average molecular weight is 278 g/mol. The van der Waals surface area contributed by atoms with Gasteiger partial charge < -0.3 is 15.2 Å². The zero-order valence-electron chi connectivity index (χ0n) is 13.2. The van der Waals surface area contributed by atoms with Crippen molar-refractivity contribution in [2.24, 2.45) is 5.41 Å². The van der Waals surface area contributed by atoms with Crippen molar-refractivity contribution in [2.75, 3.05) is 0 Å². The minimum absolute atomic E-state index is 0.0515. The summed E-state index contributed by atoms with van der Waals surface area (Å²) in [6.45, 7) is 10.2. The fourth-order valence-electron chi connectivity index (χ4n) is 2.48. The largest absolute Gasteiger partial charge is 0.456 e. The second-order valence-corrected chi connectivity index (χ2v) is 7.40. The Hall–Kier alpha value is -0.835. The average Bonchev–Trinajstić information content (AvgIpc) is 2.24. The summed E-state index contributed by atoms with van der Waals surface area (Å²) in [5.41, 5.74) is 1.31. The summed E-state index contributed by atoms with van der Waals surface area (Å²) in [4.78, 5) is 0. The fraction of sp³-hybridized carbons (Fsp3) is 0.625. The summed E-state index contributed by atoms with van der Waals surface area (Å²) in [7, 11) is -1.32. The molecule has 0 spiro atoms. The van der Waals surface area contributed by atoms with Gasteiger partial charge in [-0.2, -0.15) is 0 Å². The number of hydrogen-bond acceptors (Lipinski definition) is 3. The van der Waals surface area contributed by atoms with Crippen LogP contribution in [0.2, 0.25) is 0 Å². The third-order valence-corrected chi connectivity index (χ3v) is 3.47. The highest BCUT2D eigenvalue weighted by molar-refractivity contribution is 6.40. The number of rotatable bonds is 5. The van der Waals surface area contributed by atoms with E-state index in [1.165, 1.54) is 0 Å². The highest BCUT2D eigenvalue weighted by atomic mass is 16.4. The molecule has 4 heteroatoms. The molecule has 0 aromatic heterocycles. The maximum atomic E-state index is 10.4. The summed E-state index contributed by atoms with van der Waals surface area (Å²) in [5, 5.41) is 28.4. The smallest absolute Gasteiger partial charge is 0.427 e. The highest BCUT2D eigenvalue weighted by Crippen LogP contribution is 2.38. The van der Waals surface area contributed by atoms with Crippen LogP contribution >= 0.6 is 0 Å². The summed E-state index contributed by atoms with van der Waals surface area (Å²) < 4.78 is 0.